The van der Waals surface area contributed by atoms with Crippen molar-refractivity contribution in [2.75, 3.05) is 0 Å². The highest BCUT2D eigenvalue weighted by atomic mass is 79.9. The topological polar surface area (TPSA) is 55.1 Å². The molecule has 0 fully saturated rings. The molecule has 2 aromatic rings. The third-order valence-corrected chi connectivity index (χ3v) is 3.18. The average molecular weight is 327 g/mol. The zero-order valence-electron chi connectivity index (χ0n) is 10.4. The van der Waals surface area contributed by atoms with Crippen LogP contribution in [0.15, 0.2) is 33.3 Å². The van der Waals surface area contributed by atoms with Gasteiger partial charge in [-0.05, 0) is 48.0 Å². The summed E-state index contributed by atoms with van der Waals surface area (Å²) in [6.07, 6.45) is 1.58. The molecular formula is C13H12BrFN2O2. The van der Waals surface area contributed by atoms with Crippen molar-refractivity contribution in [3.63, 3.8) is 0 Å². The van der Waals surface area contributed by atoms with Crippen molar-refractivity contribution in [2.45, 2.75) is 19.9 Å². The van der Waals surface area contributed by atoms with Crippen molar-refractivity contribution in [1.29, 1.82) is 0 Å². The fourth-order valence-electron chi connectivity index (χ4n) is 1.55. The lowest BCUT2D eigenvalue weighted by Gasteiger charge is -2.10. The summed E-state index contributed by atoms with van der Waals surface area (Å²) in [5, 5.41) is 2.70. The predicted octanol–water partition coefficient (Wildman–Crippen LogP) is 3.38. The Hall–Kier alpha value is -1.69. The van der Waals surface area contributed by atoms with Crippen LogP contribution in [-0.2, 0) is 0 Å². The molecule has 1 N–H and O–H groups in total. The fourth-order valence-corrected chi connectivity index (χ4v) is 1.80. The highest BCUT2D eigenvalue weighted by Gasteiger charge is 2.16. The van der Waals surface area contributed by atoms with Gasteiger partial charge in [0.05, 0.1) is 10.7 Å². The number of amides is 1. The summed E-state index contributed by atoms with van der Waals surface area (Å²) >= 11 is 3.04. The number of nitrogens with one attached hydrogen (secondary N) is 1. The van der Waals surface area contributed by atoms with Gasteiger partial charge in [-0.2, -0.15) is 0 Å². The van der Waals surface area contributed by atoms with Crippen molar-refractivity contribution in [3.05, 3.63) is 51.9 Å². The first-order valence-electron chi connectivity index (χ1n) is 5.65. The zero-order valence-corrected chi connectivity index (χ0v) is 12.0. The SMILES string of the molecule is Cc1cnc(C(C)NC(=O)c2ccc(Br)c(F)c2)o1. The summed E-state index contributed by atoms with van der Waals surface area (Å²) in [5.41, 5.74) is 0.246. The predicted molar refractivity (Wildman–Crippen MR) is 71.2 cm³/mol. The van der Waals surface area contributed by atoms with Crippen LogP contribution in [0.3, 0.4) is 0 Å². The maximum Gasteiger partial charge on any atom is 0.252 e. The molecule has 1 unspecified atom stereocenters. The quantitative estimate of drug-likeness (QED) is 0.940. The van der Waals surface area contributed by atoms with Crippen LogP contribution in [0, 0.1) is 12.7 Å². The smallest absolute Gasteiger partial charge is 0.252 e. The molecule has 2 rings (SSSR count). The number of carbonyl (C=O) groups is 1. The van der Waals surface area contributed by atoms with Gasteiger partial charge in [-0.25, -0.2) is 9.37 Å². The second-order valence-corrected chi connectivity index (χ2v) is 4.99. The van der Waals surface area contributed by atoms with Crippen molar-refractivity contribution < 1.29 is 13.6 Å². The van der Waals surface area contributed by atoms with Crippen molar-refractivity contribution in [3.8, 4) is 0 Å². The Morgan fingerprint density at radius 2 is 2.26 bits per heavy atom. The molecule has 1 aromatic carbocycles. The van der Waals surface area contributed by atoms with E-state index in [9.17, 15) is 9.18 Å². The van der Waals surface area contributed by atoms with Crippen LogP contribution < -0.4 is 5.32 Å². The first-order chi connectivity index (χ1) is 8.97. The Balaban J connectivity index is 2.10. The monoisotopic (exact) mass is 326 g/mol. The van der Waals surface area contributed by atoms with Crippen LogP contribution in [0.2, 0.25) is 0 Å². The van der Waals surface area contributed by atoms with E-state index >= 15 is 0 Å². The number of benzene rings is 1. The molecule has 0 bridgehead atoms. The number of aromatic nitrogens is 1. The van der Waals surface area contributed by atoms with Crippen LogP contribution >= 0.6 is 15.9 Å². The summed E-state index contributed by atoms with van der Waals surface area (Å²) in [6.45, 7) is 3.52. The molecule has 100 valence electrons. The third kappa shape index (κ3) is 3.20. The van der Waals surface area contributed by atoms with Crippen LogP contribution in [0.4, 0.5) is 4.39 Å². The van der Waals surface area contributed by atoms with Gasteiger partial charge < -0.3 is 9.73 Å². The number of carbonyl (C=O) groups excluding carboxylic acids is 1. The first-order valence-corrected chi connectivity index (χ1v) is 6.45. The maximum absolute atomic E-state index is 13.3. The molecule has 1 aromatic heterocycles. The van der Waals surface area contributed by atoms with Crippen molar-refractivity contribution >= 4 is 21.8 Å². The number of rotatable bonds is 3. The standard InChI is InChI=1S/C13H12BrFN2O2/c1-7-6-16-13(19-7)8(2)17-12(18)9-3-4-10(14)11(15)5-9/h3-6,8H,1-2H3,(H,17,18). The number of hydrogen-bond donors (Lipinski definition) is 1. The van der Waals surface area contributed by atoms with Gasteiger partial charge in [0.1, 0.15) is 17.6 Å². The Bertz CT molecular complexity index is 612. The molecule has 0 radical (unpaired) electrons. The molecule has 4 nitrogen and oxygen atoms in total. The molecule has 0 saturated carbocycles. The Morgan fingerprint density at radius 1 is 1.53 bits per heavy atom. The van der Waals surface area contributed by atoms with Crippen LogP contribution in [-0.4, -0.2) is 10.9 Å². The summed E-state index contributed by atoms with van der Waals surface area (Å²) in [7, 11) is 0. The summed E-state index contributed by atoms with van der Waals surface area (Å²) < 4.78 is 19.0. The van der Waals surface area contributed by atoms with Gasteiger partial charge in [-0.1, -0.05) is 0 Å². The number of aryl methyl sites for hydroxylation is 1. The fraction of sp³-hybridized carbons (Fsp3) is 0.231. The van der Waals surface area contributed by atoms with E-state index in [0.29, 0.717) is 16.1 Å². The molecule has 0 aliphatic carbocycles. The largest absolute Gasteiger partial charge is 0.444 e. The Morgan fingerprint density at radius 3 is 2.84 bits per heavy atom. The minimum absolute atomic E-state index is 0.246. The second-order valence-electron chi connectivity index (χ2n) is 4.13. The summed E-state index contributed by atoms with van der Waals surface area (Å²) in [5.74, 6) is 0.233. The van der Waals surface area contributed by atoms with Gasteiger partial charge in [0, 0.05) is 5.56 Å². The minimum Gasteiger partial charge on any atom is -0.444 e. The third-order valence-electron chi connectivity index (χ3n) is 2.54. The second kappa shape index (κ2) is 5.52. The molecule has 1 heterocycles. The van der Waals surface area contributed by atoms with Gasteiger partial charge in [0.2, 0.25) is 5.89 Å². The van der Waals surface area contributed by atoms with Gasteiger partial charge in [-0.3, -0.25) is 4.79 Å². The van der Waals surface area contributed by atoms with Gasteiger partial charge in [-0.15, -0.1) is 0 Å². The maximum atomic E-state index is 13.3. The number of nitrogens with zero attached hydrogens (tertiary/aromatic N) is 1. The first kappa shape index (κ1) is 13.7. The van der Waals surface area contributed by atoms with Crippen LogP contribution in [0.1, 0.15) is 35.0 Å². The lowest BCUT2D eigenvalue weighted by Crippen LogP contribution is -2.26. The molecule has 1 atom stereocenters. The molecule has 0 aliphatic rings. The van der Waals surface area contributed by atoms with Gasteiger partial charge in [0.25, 0.3) is 5.91 Å². The molecule has 19 heavy (non-hydrogen) atoms. The van der Waals surface area contributed by atoms with E-state index in [2.05, 4.69) is 26.2 Å². The highest BCUT2D eigenvalue weighted by molar-refractivity contribution is 9.10. The van der Waals surface area contributed by atoms with E-state index in [0.717, 1.165) is 0 Å². The molecular weight excluding hydrogens is 315 g/mol. The zero-order chi connectivity index (χ0) is 14.0. The number of oxazole rings is 1. The lowest BCUT2D eigenvalue weighted by molar-refractivity contribution is 0.0933. The Kier molecular flexibility index (Phi) is 3.99. The molecule has 1 amide bonds. The molecule has 6 heteroatoms. The van der Waals surface area contributed by atoms with E-state index in [1.807, 2.05) is 0 Å². The average Bonchev–Trinajstić information content (AvgIpc) is 2.79. The lowest BCUT2D eigenvalue weighted by atomic mass is 10.2. The van der Waals surface area contributed by atoms with Crippen molar-refractivity contribution in [2.24, 2.45) is 0 Å². The number of halogens is 2. The van der Waals surface area contributed by atoms with E-state index in [1.165, 1.54) is 18.2 Å². The normalized spacial score (nSPS) is 12.2. The molecule has 0 saturated heterocycles. The van der Waals surface area contributed by atoms with Crippen molar-refractivity contribution in [1.82, 2.24) is 10.3 Å². The van der Waals surface area contributed by atoms with Crippen LogP contribution in [0.5, 0.6) is 0 Å². The highest BCUT2D eigenvalue weighted by Crippen LogP contribution is 2.17. The van der Waals surface area contributed by atoms with Crippen LogP contribution in [0.25, 0.3) is 0 Å². The van der Waals surface area contributed by atoms with E-state index in [1.54, 1.807) is 20.0 Å². The molecule has 0 spiro atoms. The Labute approximate surface area is 118 Å². The summed E-state index contributed by atoms with van der Waals surface area (Å²) in [4.78, 5) is 16.0. The van der Waals surface area contributed by atoms with Gasteiger partial charge in [0.15, 0.2) is 0 Å². The van der Waals surface area contributed by atoms with Gasteiger partial charge >= 0.3 is 0 Å². The summed E-state index contributed by atoms with van der Waals surface area (Å²) in [6, 6.07) is 3.82. The van der Waals surface area contributed by atoms with E-state index in [-0.39, 0.29) is 17.5 Å². The van der Waals surface area contributed by atoms with E-state index < -0.39 is 5.82 Å². The van der Waals surface area contributed by atoms with E-state index in [4.69, 9.17) is 4.42 Å². The number of hydrogen-bond acceptors (Lipinski definition) is 3. The molecule has 0 aliphatic heterocycles. The minimum atomic E-state index is -0.479.